The van der Waals surface area contributed by atoms with Crippen LogP contribution in [0.15, 0.2) is 54.6 Å². The number of hydrogen-bond donors (Lipinski definition) is 0. The zero-order valence-corrected chi connectivity index (χ0v) is 11.7. The Morgan fingerprint density at radius 2 is 1.53 bits per heavy atom. The summed E-state index contributed by atoms with van der Waals surface area (Å²) in [4.78, 5) is 0. The monoisotopic (exact) mass is 291 g/mol. The first-order valence-electron chi connectivity index (χ1n) is 5.77. The maximum absolute atomic E-state index is 6.33. The van der Waals surface area contributed by atoms with Gasteiger partial charge in [-0.2, -0.15) is 0 Å². The summed E-state index contributed by atoms with van der Waals surface area (Å²) < 4.78 is 9.10. The van der Waals surface area contributed by atoms with E-state index in [4.69, 9.17) is 3.82 Å². The molecule has 0 amide bonds. The Balaban J connectivity index is 2.12. The number of benzene rings is 2. The Morgan fingerprint density at radius 3 is 2.29 bits per heavy atom. The van der Waals surface area contributed by atoms with Crippen LogP contribution in [-0.4, -0.2) is 14.2 Å². The van der Waals surface area contributed by atoms with Crippen LogP contribution in [0.3, 0.4) is 0 Å². The fourth-order valence-electron chi connectivity index (χ4n) is 2.14. The second-order valence-corrected chi connectivity index (χ2v) is 8.06. The number of fused-ring (bicyclic) bond motifs is 1. The Morgan fingerprint density at radius 1 is 0.882 bits per heavy atom. The first-order chi connectivity index (χ1) is 8.18. The molecule has 0 fully saturated rings. The molecule has 2 aromatic carbocycles. The fourth-order valence-corrected chi connectivity index (χ4v) is 6.48. The quantitative estimate of drug-likeness (QED) is 0.731. The van der Waals surface area contributed by atoms with Crippen LogP contribution in [0.2, 0.25) is 0 Å². The molecule has 1 unspecified atom stereocenters. The van der Waals surface area contributed by atoms with Crippen molar-refractivity contribution in [3.63, 3.8) is 0 Å². The fraction of sp³-hybridized carbons (Fsp3) is 0.200. The summed E-state index contributed by atoms with van der Waals surface area (Å²) in [6, 6.07) is 19.2. The van der Waals surface area contributed by atoms with Crippen molar-refractivity contribution >= 4 is 23.2 Å². The first kappa shape index (κ1) is 11.0. The molecule has 1 atom stereocenters. The summed E-state index contributed by atoms with van der Waals surface area (Å²) in [5.41, 5.74) is 1.21. The third-order valence-corrected chi connectivity index (χ3v) is 7.26. The molecule has 0 aliphatic carbocycles. The molecule has 1 heterocycles. The van der Waals surface area contributed by atoms with Crippen LogP contribution in [0.5, 0.6) is 0 Å². The van der Waals surface area contributed by atoms with Crippen LogP contribution in [-0.2, 0) is 9.42 Å². The minimum absolute atomic E-state index is 0.142. The van der Waals surface area contributed by atoms with Gasteiger partial charge in [-0.15, -0.1) is 0 Å². The zero-order valence-electron chi connectivity index (χ0n) is 10.0. The summed E-state index contributed by atoms with van der Waals surface area (Å²) in [7, 11) is 0. The topological polar surface area (TPSA) is 9.23 Å². The summed E-state index contributed by atoms with van der Waals surface area (Å²) in [5.74, 6) is 0. The minimum atomic E-state index is -1.31. The van der Waals surface area contributed by atoms with Gasteiger partial charge < -0.3 is 0 Å². The van der Waals surface area contributed by atoms with Gasteiger partial charge in [-0.1, -0.05) is 0 Å². The molecule has 0 bridgehead atoms. The van der Waals surface area contributed by atoms with E-state index in [2.05, 4.69) is 68.4 Å². The van der Waals surface area contributed by atoms with E-state index in [1.54, 1.807) is 0 Å². The Kier molecular flexibility index (Phi) is 2.59. The Hall–Kier alpha value is -1.08. The van der Waals surface area contributed by atoms with Gasteiger partial charge in [0.05, 0.1) is 0 Å². The second kappa shape index (κ2) is 3.99. The van der Waals surface area contributed by atoms with Crippen molar-refractivity contribution in [2.75, 3.05) is 0 Å². The van der Waals surface area contributed by atoms with Gasteiger partial charge in [-0.25, -0.2) is 0 Å². The van der Waals surface area contributed by atoms with E-state index < -0.39 is 14.2 Å². The second-order valence-electron chi connectivity index (χ2n) is 4.67. The Bertz CT molecular complexity index is 534. The third-order valence-electron chi connectivity index (χ3n) is 2.98. The molecular formula is C15H15OSe+. The molecule has 0 saturated heterocycles. The molecule has 2 heteroatoms. The molecule has 0 radical (unpaired) electrons. The van der Waals surface area contributed by atoms with Crippen molar-refractivity contribution in [1.82, 2.24) is 0 Å². The van der Waals surface area contributed by atoms with E-state index in [0.29, 0.717) is 0 Å². The van der Waals surface area contributed by atoms with Crippen molar-refractivity contribution in [1.29, 1.82) is 0 Å². The van der Waals surface area contributed by atoms with Gasteiger partial charge in [0.15, 0.2) is 0 Å². The van der Waals surface area contributed by atoms with Gasteiger partial charge in [0, 0.05) is 0 Å². The predicted octanol–water partition coefficient (Wildman–Crippen LogP) is 2.06. The summed E-state index contributed by atoms with van der Waals surface area (Å²) in [5, 5.41) is 0. The van der Waals surface area contributed by atoms with Crippen LogP contribution < -0.4 is 8.92 Å². The molecule has 1 aliphatic rings. The average Bonchev–Trinajstić information content (AvgIpc) is 2.64. The maximum atomic E-state index is 6.33. The van der Waals surface area contributed by atoms with Crippen molar-refractivity contribution in [2.24, 2.45) is 0 Å². The number of rotatable bonds is 1. The molecule has 3 rings (SSSR count). The van der Waals surface area contributed by atoms with Crippen LogP contribution in [0.1, 0.15) is 19.4 Å². The van der Waals surface area contributed by atoms with Crippen LogP contribution in [0.25, 0.3) is 0 Å². The van der Waals surface area contributed by atoms with Gasteiger partial charge in [0.2, 0.25) is 0 Å². The van der Waals surface area contributed by atoms with E-state index >= 15 is 0 Å². The molecule has 0 saturated carbocycles. The van der Waals surface area contributed by atoms with Gasteiger partial charge in [0.1, 0.15) is 0 Å². The molecule has 86 valence electrons. The molecule has 1 aliphatic heterocycles. The van der Waals surface area contributed by atoms with Crippen molar-refractivity contribution in [3.8, 4) is 0 Å². The summed E-state index contributed by atoms with van der Waals surface area (Å²) >= 11 is -1.31. The molecule has 0 N–H and O–H groups in total. The molecule has 1 nitrogen and oxygen atoms in total. The van der Waals surface area contributed by atoms with E-state index in [1.807, 2.05) is 0 Å². The summed E-state index contributed by atoms with van der Waals surface area (Å²) in [6.45, 7) is 4.33. The standard InChI is InChI=1S/C15H15OSe/c1-15(2)13-10-6-7-11-14(13)17(16-15)12-8-4-3-5-9-12/h3-11H,1-2H3/q+1. The SMILES string of the molecule is CC1(C)O[Se+](c2ccccc2)c2ccccc21. The third kappa shape index (κ3) is 1.83. The van der Waals surface area contributed by atoms with Gasteiger partial charge in [0.25, 0.3) is 0 Å². The van der Waals surface area contributed by atoms with Crippen LogP contribution in [0, 0.1) is 0 Å². The summed E-state index contributed by atoms with van der Waals surface area (Å²) in [6.07, 6.45) is 0. The first-order valence-corrected chi connectivity index (χ1v) is 8.18. The van der Waals surface area contributed by atoms with E-state index in [0.717, 1.165) is 0 Å². The van der Waals surface area contributed by atoms with Gasteiger partial charge in [-0.05, 0) is 0 Å². The normalized spacial score (nSPS) is 21.2. The average molecular weight is 290 g/mol. The molecule has 2 aromatic rings. The molecule has 0 aromatic heterocycles. The van der Waals surface area contributed by atoms with E-state index in [1.165, 1.54) is 14.5 Å². The van der Waals surface area contributed by atoms with Crippen LogP contribution in [0.4, 0.5) is 0 Å². The van der Waals surface area contributed by atoms with Crippen molar-refractivity contribution in [3.05, 3.63) is 60.2 Å². The van der Waals surface area contributed by atoms with Crippen molar-refractivity contribution in [2.45, 2.75) is 19.4 Å². The van der Waals surface area contributed by atoms with Crippen LogP contribution >= 0.6 is 0 Å². The number of hydrogen-bond acceptors (Lipinski definition) is 1. The molecule has 0 spiro atoms. The van der Waals surface area contributed by atoms with Crippen molar-refractivity contribution < 1.29 is 3.82 Å². The van der Waals surface area contributed by atoms with E-state index in [-0.39, 0.29) is 5.60 Å². The zero-order chi connectivity index (χ0) is 11.9. The van der Waals surface area contributed by atoms with Gasteiger partial charge >= 0.3 is 107 Å². The molecular weight excluding hydrogens is 275 g/mol. The van der Waals surface area contributed by atoms with E-state index in [9.17, 15) is 0 Å². The Labute approximate surface area is 107 Å². The van der Waals surface area contributed by atoms with Gasteiger partial charge in [-0.3, -0.25) is 0 Å². The molecule has 17 heavy (non-hydrogen) atoms. The predicted molar refractivity (Wildman–Crippen MR) is 72.0 cm³/mol.